The zero-order chi connectivity index (χ0) is 14.1. The highest BCUT2D eigenvalue weighted by Gasteiger charge is 2.16. The summed E-state index contributed by atoms with van der Waals surface area (Å²) >= 11 is 1.78. The number of fused-ring (bicyclic) bond motifs is 1. The number of nitrogens with two attached hydrogens (primary N) is 1. The Bertz CT molecular complexity index is 722. The highest BCUT2D eigenvalue weighted by atomic mass is 32.1. The van der Waals surface area contributed by atoms with E-state index in [1.54, 1.807) is 11.3 Å². The zero-order valence-electron chi connectivity index (χ0n) is 11.9. The molecule has 0 atom stereocenters. The molecule has 0 amide bonds. The lowest BCUT2D eigenvalue weighted by atomic mass is 10.1. The molecule has 104 valence electrons. The molecule has 2 aromatic heterocycles. The van der Waals surface area contributed by atoms with Crippen LogP contribution in [-0.2, 0) is 12.8 Å². The van der Waals surface area contributed by atoms with Crippen LogP contribution in [0.3, 0.4) is 0 Å². The smallest absolute Gasteiger partial charge is 0.194 e. The minimum Gasteiger partial charge on any atom is -0.330 e. The number of hydrogen-bond donors (Lipinski definition) is 1. The van der Waals surface area contributed by atoms with Crippen molar-refractivity contribution in [2.75, 3.05) is 6.54 Å². The van der Waals surface area contributed by atoms with E-state index in [-0.39, 0.29) is 0 Å². The van der Waals surface area contributed by atoms with Gasteiger partial charge in [-0.2, -0.15) is 0 Å². The first-order valence-corrected chi connectivity index (χ1v) is 7.81. The summed E-state index contributed by atoms with van der Waals surface area (Å²) < 4.78 is 2.28. The van der Waals surface area contributed by atoms with Crippen LogP contribution in [0.25, 0.3) is 16.2 Å². The lowest BCUT2D eigenvalue weighted by Gasteiger charge is -2.07. The third kappa shape index (κ3) is 2.15. The van der Waals surface area contributed by atoms with E-state index in [9.17, 15) is 0 Å². The van der Waals surface area contributed by atoms with Gasteiger partial charge in [0.2, 0.25) is 0 Å². The Balaban J connectivity index is 2.25. The molecule has 1 aromatic carbocycles. The van der Waals surface area contributed by atoms with Gasteiger partial charge in [0.1, 0.15) is 0 Å². The normalized spacial score (nSPS) is 11.3. The number of nitrogens with zero attached hydrogens (tertiary/aromatic N) is 2. The fraction of sp³-hybridized carbons (Fsp3) is 0.312. The molecule has 0 aliphatic heterocycles. The van der Waals surface area contributed by atoms with E-state index in [4.69, 9.17) is 5.73 Å². The molecular formula is C16H19N3S. The Labute approximate surface area is 123 Å². The molecule has 0 fully saturated rings. The number of aryl methyl sites for hydroxylation is 2. The summed E-state index contributed by atoms with van der Waals surface area (Å²) in [6, 6.07) is 8.72. The topological polar surface area (TPSA) is 43.3 Å². The van der Waals surface area contributed by atoms with E-state index >= 15 is 0 Å². The number of imidazole rings is 1. The second kappa shape index (κ2) is 5.38. The van der Waals surface area contributed by atoms with Gasteiger partial charge in [0, 0.05) is 17.0 Å². The minimum atomic E-state index is 0.651. The Hall–Kier alpha value is -1.65. The molecule has 2 N–H and O–H groups in total. The van der Waals surface area contributed by atoms with Gasteiger partial charge >= 0.3 is 0 Å². The number of hydrogen-bond acceptors (Lipinski definition) is 3. The number of aromatic nitrogens is 2. The van der Waals surface area contributed by atoms with Gasteiger partial charge in [0.05, 0.1) is 11.9 Å². The van der Waals surface area contributed by atoms with Crippen LogP contribution in [0.2, 0.25) is 0 Å². The van der Waals surface area contributed by atoms with Crippen molar-refractivity contribution in [3.8, 4) is 11.3 Å². The number of thiazole rings is 1. The molecule has 3 rings (SSSR count). The second-order valence-corrected chi connectivity index (χ2v) is 6.06. The molecule has 0 unspecified atom stereocenters. The maximum atomic E-state index is 5.72. The Morgan fingerprint density at radius 2 is 2.00 bits per heavy atom. The first-order valence-electron chi connectivity index (χ1n) is 6.99. The van der Waals surface area contributed by atoms with E-state index in [1.807, 2.05) is 6.20 Å². The van der Waals surface area contributed by atoms with Crippen LogP contribution < -0.4 is 5.73 Å². The minimum absolute atomic E-state index is 0.651. The van der Waals surface area contributed by atoms with Crippen LogP contribution >= 0.6 is 11.3 Å². The van der Waals surface area contributed by atoms with Gasteiger partial charge in [-0.1, -0.05) is 36.8 Å². The van der Waals surface area contributed by atoms with Gasteiger partial charge in [-0.25, -0.2) is 4.98 Å². The van der Waals surface area contributed by atoms with Gasteiger partial charge in [-0.3, -0.25) is 4.40 Å². The fourth-order valence-electron chi connectivity index (χ4n) is 2.53. The molecule has 0 bridgehead atoms. The van der Waals surface area contributed by atoms with Crippen LogP contribution in [-0.4, -0.2) is 15.9 Å². The average molecular weight is 285 g/mol. The van der Waals surface area contributed by atoms with Gasteiger partial charge < -0.3 is 5.73 Å². The summed E-state index contributed by atoms with van der Waals surface area (Å²) in [7, 11) is 0. The summed E-state index contributed by atoms with van der Waals surface area (Å²) in [6.07, 6.45) is 3.84. The SMILES string of the molecule is CCc1sc2ncc(CCN)n2c1-c1ccc(C)cc1. The quantitative estimate of drug-likeness (QED) is 0.798. The molecular weight excluding hydrogens is 266 g/mol. The Morgan fingerprint density at radius 1 is 1.25 bits per heavy atom. The Morgan fingerprint density at radius 3 is 2.65 bits per heavy atom. The average Bonchev–Trinajstić information content (AvgIpc) is 3.00. The van der Waals surface area contributed by atoms with E-state index in [1.165, 1.54) is 27.4 Å². The maximum absolute atomic E-state index is 5.72. The molecule has 20 heavy (non-hydrogen) atoms. The lowest BCUT2D eigenvalue weighted by molar-refractivity contribution is 0.909. The third-order valence-electron chi connectivity index (χ3n) is 3.55. The van der Waals surface area contributed by atoms with Gasteiger partial charge in [0.25, 0.3) is 0 Å². The van der Waals surface area contributed by atoms with E-state index in [2.05, 4.69) is 47.5 Å². The molecule has 0 spiro atoms. The van der Waals surface area contributed by atoms with Gasteiger partial charge in [0.15, 0.2) is 4.96 Å². The monoisotopic (exact) mass is 285 g/mol. The summed E-state index contributed by atoms with van der Waals surface area (Å²) in [5, 5.41) is 0. The lowest BCUT2D eigenvalue weighted by Crippen LogP contribution is -2.05. The molecule has 4 heteroatoms. The van der Waals surface area contributed by atoms with E-state index < -0.39 is 0 Å². The molecule has 3 aromatic rings. The molecule has 0 radical (unpaired) electrons. The standard InChI is InChI=1S/C16H19N3S/c1-3-14-15(12-6-4-11(2)5-7-12)19-13(8-9-17)10-18-16(19)20-14/h4-7,10H,3,8-9,17H2,1-2H3. The van der Waals surface area contributed by atoms with E-state index in [0.29, 0.717) is 6.54 Å². The van der Waals surface area contributed by atoms with Crippen molar-refractivity contribution in [2.45, 2.75) is 26.7 Å². The highest BCUT2D eigenvalue weighted by molar-refractivity contribution is 7.17. The summed E-state index contributed by atoms with van der Waals surface area (Å²) in [6.45, 7) is 4.97. The predicted molar refractivity (Wildman–Crippen MR) is 85.4 cm³/mol. The first kappa shape index (κ1) is 13.3. The summed E-state index contributed by atoms with van der Waals surface area (Å²) in [5.41, 5.74) is 10.8. The zero-order valence-corrected chi connectivity index (χ0v) is 12.7. The van der Waals surface area contributed by atoms with Crippen molar-refractivity contribution in [1.29, 1.82) is 0 Å². The predicted octanol–water partition coefficient (Wildman–Crippen LogP) is 3.43. The maximum Gasteiger partial charge on any atom is 0.194 e. The largest absolute Gasteiger partial charge is 0.330 e. The van der Waals surface area contributed by atoms with Crippen LogP contribution in [0.15, 0.2) is 30.5 Å². The van der Waals surface area contributed by atoms with Crippen molar-refractivity contribution in [3.05, 3.63) is 46.6 Å². The molecule has 0 aliphatic carbocycles. The van der Waals surface area contributed by atoms with Gasteiger partial charge in [-0.05, 0) is 25.5 Å². The van der Waals surface area contributed by atoms with Crippen molar-refractivity contribution >= 4 is 16.3 Å². The summed E-state index contributed by atoms with van der Waals surface area (Å²) in [5.74, 6) is 0. The van der Waals surface area contributed by atoms with Gasteiger partial charge in [-0.15, -0.1) is 11.3 Å². The van der Waals surface area contributed by atoms with Crippen LogP contribution in [0.4, 0.5) is 0 Å². The molecule has 0 aliphatic rings. The van der Waals surface area contributed by atoms with Crippen molar-refractivity contribution in [2.24, 2.45) is 5.73 Å². The molecule has 0 saturated carbocycles. The Kier molecular flexibility index (Phi) is 3.59. The number of benzene rings is 1. The van der Waals surface area contributed by atoms with Crippen molar-refractivity contribution in [3.63, 3.8) is 0 Å². The first-order chi connectivity index (χ1) is 9.74. The van der Waals surface area contributed by atoms with E-state index in [0.717, 1.165) is 17.8 Å². The van der Waals surface area contributed by atoms with Crippen LogP contribution in [0.5, 0.6) is 0 Å². The molecule has 3 nitrogen and oxygen atoms in total. The summed E-state index contributed by atoms with van der Waals surface area (Å²) in [4.78, 5) is 6.99. The van der Waals surface area contributed by atoms with Crippen LogP contribution in [0, 0.1) is 6.92 Å². The number of rotatable bonds is 4. The fourth-order valence-corrected chi connectivity index (χ4v) is 3.60. The van der Waals surface area contributed by atoms with Crippen LogP contribution in [0.1, 0.15) is 23.1 Å². The molecule has 0 saturated heterocycles. The second-order valence-electron chi connectivity index (χ2n) is 5.00. The van der Waals surface area contributed by atoms with Crippen molar-refractivity contribution < 1.29 is 0 Å². The van der Waals surface area contributed by atoms with Crippen molar-refractivity contribution in [1.82, 2.24) is 9.38 Å². The highest BCUT2D eigenvalue weighted by Crippen LogP contribution is 2.33. The molecule has 2 heterocycles. The third-order valence-corrected chi connectivity index (χ3v) is 4.75.